The van der Waals surface area contributed by atoms with E-state index in [4.69, 9.17) is 10.5 Å². The first-order valence-corrected chi connectivity index (χ1v) is 8.21. The Bertz CT molecular complexity index is 310. The van der Waals surface area contributed by atoms with Crippen molar-refractivity contribution in [1.29, 1.82) is 0 Å². The van der Waals surface area contributed by atoms with Crippen molar-refractivity contribution in [3.05, 3.63) is 0 Å². The van der Waals surface area contributed by atoms with Crippen LogP contribution in [0.1, 0.15) is 39.5 Å². The third-order valence-electron chi connectivity index (χ3n) is 5.50. The second-order valence-electron chi connectivity index (χ2n) is 7.21. The zero-order valence-electron chi connectivity index (χ0n) is 13.8. The highest BCUT2D eigenvalue weighted by atomic mass is 16.5. The summed E-state index contributed by atoms with van der Waals surface area (Å²) in [6.07, 6.45) is 5.11. The van der Waals surface area contributed by atoms with Gasteiger partial charge >= 0.3 is 0 Å². The van der Waals surface area contributed by atoms with Gasteiger partial charge in [0.25, 0.3) is 0 Å². The van der Waals surface area contributed by atoms with Crippen molar-refractivity contribution in [2.45, 2.75) is 57.2 Å². The minimum atomic E-state index is 0.135. The molecule has 0 saturated carbocycles. The molecule has 2 aliphatic heterocycles. The minimum Gasteiger partial charge on any atom is -0.378 e. The zero-order valence-corrected chi connectivity index (χ0v) is 13.8. The van der Waals surface area contributed by atoms with Crippen LogP contribution in [-0.2, 0) is 4.74 Å². The van der Waals surface area contributed by atoms with Gasteiger partial charge in [-0.25, -0.2) is 0 Å². The first-order valence-electron chi connectivity index (χ1n) is 8.21. The molecule has 0 radical (unpaired) electrons. The molecule has 2 rings (SSSR count). The van der Waals surface area contributed by atoms with Crippen LogP contribution in [0, 0.1) is 5.92 Å². The number of piperidine rings is 1. The Morgan fingerprint density at radius 1 is 1.45 bits per heavy atom. The maximum absolute atomic E-state index is 6.23. The fraction of sp³-hybridized carbons (Fsp3) is 1.00. The van der Waals surface area contributed by atoms with Crippen molar-refractivity contribution in [2.75, 3.05) is 40.3 Å². The smallest absolute Gasteiger partial charge is 0.0616 e. The Morgan fingerprint density at radius 2 is 2.20 bits per heavy atom. The van der Waals surface area contributed by atoms with Crippen LogP contribution in [0.25, 0.3) is 0 Å². The van der Waals surface area contributed by atoms with Gasteiger partial charge in [0, 0.05) is 31.3 Å². The number of nitrogens with zero attached hydrogens (tertiary/aromatic N) is 2. The molecule has 3 unspecified atom stereocenters. The Kier molecular flexibility index (Phi) is 5.46. The molecule has 2 N–H and O–H groups in total. The van der Waals surface area contributed by atoms with Crippen molar-refractivity contribution in [2.24, 2.45) is 11.7 Å². The second kappa shape index (κ2) is 6.73. The Balaban J connectivity index is 2.08. The fourth-order valence-corrected chi connectivity index (χ4v) is 3.86. The summed E-state index contributed by atoms with van der Waals surface area (Å²) < 4.78 is 5.96. The summed E-state index contributed by atoms with van der Waals surface area (Å²) in [5.41, 5.74) is 6.37. The highest BCUT2D eigenvalue weighted by molar-refractivity contribution is 4.99. The van der Waals surface area contributed by atoms with Crippen LogP contribution < -0.4 is 5.73 Å². The molecule has 2 heterocycles. The summed E-state index contributed by atoms with van der Waals surface area (Å²) in [7, 11) is 4.52. The van der Waals surface area contributed by atoms with Crippen LogP contribution in [-0.4, -0.2) is 67.8 Å². The van der Waals surface area contributed by atoms with E-state index < -0.39 is 0 Å². The number of hydrogen-bond acceptors (Lipinski definition) is 4. The van der Waals surface area contributed by atoms with Crippen molar-refractivity contribution in [3.63, 3.8) is 0 Å². The third-order valence-corrected chi connectivity index (χ3v) is 5.50. The average Bonchev–Trinajstić information content (AvgIpc) is 2.46. The first kappa shape index (κ1) is 16.2. The predicted molar refractivity (Wildman–Crippen MR) is 83.9 cm³/mol. The van der Waals surface area contributed by atoms with Gasteiger partial charge in [0.1, 0.15) is 0 Å². The molecular formula is C16H33N3O. The van der Waals surface area contributed by atoms with E-state index in [0.717, 1.165) is 26.0 Å². The van der Waals surface area contributed by atoms with E-state index in [9.17, 15) is 0 Å². The van der Waals surface area contributed by atoms with Crippen LogP contribution in [0.2, 0.25) is 0 Å². The Hall–Kier alpha value is -0.160. The van der Waals surface area contributed by atoms with E-state index >= 15 is 0 Å². The monoisotopic (exact) mass is 283 g/mol. The molecule has 4 nitrogen and oxygen atoms in total. The Morgan fingerprint density at radius 3 is 2.80 bits per heavy atom. The summed E-state index contributed by atoms with van der Waals surface area (Å²) in [5, 5.41) is 0. The topological polar surface area (TPSA) is 41.7 Å². The van der Waals surface area contributed by atoms with Crippen LogP contribution in [0.15, 0.2) is 0 Å². The molecule has 2 aliphatic rings. The van der Waals surface area contributed by atoms with E-state index in [1.54, 1.807) is 0 Å². The molecule has 118 valence electrons. The lowest BCUT2D eigenvalue weighted by Gasteiger charge is -2.51. The standard InChI is InChI=1S/C16H33N3O/c1-13(2)15-10-16(12-17,7-9-20-15)19(4)14-6-5-8-18(3)11-14/h13-15H,5-12,17H2,1-4H3. The largest absolute Gasteiger partial charge is 0.378 e. The van der Waals surface area contributed by atoms with Gasteiger partial charge in [0.15, 0.2) is 0 Å². The molecule has 20 heavy (non-hydrogen) atoms. The molecule has 2 saturated heterocycles. The van der Waals surface area contributed by atoms with Crippen LogP contribution >= 0.6 is 0 Å². The molecule has 2 fully saturated rings. The molecule has 3 atom stereocenters. The van der Waals surface area contributed by atoms with Gasteiger partial charge < -0.3 is 15.4 Å². The molecule has 4 heteroatoms. The van der Waals surface area contributed by atoms with Gasteiger partial charge in [-0.15, -0.1) is 0 Å². The first-order chi connectivity index (χ1) is 9.48. The molecule has 0 aromatic carbocycles. The quantitative estimate of drug-likeness (QED) is 0.850. The lowest BCUT2D eigenvalue weighted by atomic mass is 9.80. The maximum Gasteiger partial charge on any atom is 0.0616 e. The molecule has 0 amide bonds. The van der Waals surface area contributed by atoms with Crippen LogP contribution in [0.4, 0.5) is 0 Å². The average molecular weight is 283 g/mol. The normalized spacial score (nSPS) is 36.8. The lowest BCUT2D eigenvalue weighted by Crippen LogP contribution is -2.62. The number of ether oxygens (including phenoxy) is 1. The fourth-order valence-electron chi connectivity index (χ4n) is 3.86. The highest BCUT2D eigenvalue weighted by Crippen LogP contribution is 2.34. The summed E-state index contributed by atoms with van der Waals surface area (Å²) in [6, 6.07) is 0.642. The van der Waals surface area contributed by atoms with Crippen LogP contribution in [0.3, 0.4) is 0 Å². The third kappa shape index (κ3) is 3.35. The van der Waals surface area contributed by atoms with Crippen molar-refractivity contribution in [1.82, 2.24) is 9.80 Å². The predicted octanol–water partition coefficient (Wildman–Crippen LogP) is 1.54. The summed E-state index contributed by atoms with van der Waals surface area (Å²) in [6.45, 7) is 8.52. The van der Waals surface area contributed by atoms with E-state index in [-0.39, 0.29) is 5.54 Å². The number of rotatable bonds is 4. The SMILES string of the molecule is CC(C)C1CC(CN)(N(C)C2CCCN(C)C2)CCO1. The summed E-state index contributed by atoms with van der Waals surface area (Å²) >= 11 is 0. The van der Waals surface area contributed by atoms with Crippen LogP contribution in [0.5, 0.6) is 0 Å². The molecule has 0 aliphatic carbocycles. The lowest BCUT2D eigenvalue weighted by molar-refractivity contribution is -0.0958. The van der Waals surface area contributed by atoms with Gasteiger partial charge in [-0.05, 0) is 52.2 Å². The number of likely N-dealkylation sites (N-methyl/N-ethyl adjacent to an activating group) is 2. The van der Waals surface area contributed by atoms with Gasteiger partial charge in [-0.3, -0.25) is 4.90 Å². The van der Waals surface area contributed by atoms with Crippen molar-refractivity contribution < 1.29 is 4.74 Å². The van der Waals surface area contributed by atoms with Gasteiger partial charge in [-0.2, -0.15) is 0 Å². The summed E-state index contributed by atoms with van der Waals surface area (Å²) in [4.78, 5) is 5.05. The van der Waals surface area contributed by atoms with E-state index in [0.29, 0.717) is 18.1 Å². The second-order valence-corrected chi connectivity index (χ2v) is 7.21. The number of hydrogen-bond donors (Lipinski definition) is 1. The molecular weight excluding hydrogens is 250 g/mol. The van der Waals surface area contributed by atoms with Gasteiger partial charge in [0.05, 0.1) is 6.10 Å². The molecule has 0 bridgehead atoms. The molecule has 0 spiro atoms. The van der Waals surface area contributed by atoms with Gasteiger partial charge in [0.2, 0.25) is 0 Å². The van der Waals surface area contributed by atoms with E-state index in [1.165, 1.54) is 25.9 Å². The zero-order chi connectivity index (χ0) is 14.8. The highest BCUT2D eigenvalue weighted by Gasteiger charge is 2.43. The summed E-state index contributed by atoms with van der Waals surface area (Å²) in [5.74, 6) is 0.573. The number of nitrogens with two attached hydrogens (primary N) is 1. The maximum atomic E-state index is 6.23. The van der Waals surface area contributed by atoms with E-state index in [1.807, 2.05) is 0 Å². The molecule has 0 aromatic heterocycles. The molecule has 0 aromatic rings. The number of likely N-dealkylation sites (tertiary alicyclic amines) is 1. The van der Waals surface area contributed by atoms with Crippen molar-refractivity contribution in [3.8, 4) is 0 Å². The van der Waals surface area contributed by atoms with E-state index in [2.05, 4.69) is 37.7 Å². The van der Waals surface area contributed by atoms with Crippen molar-refractivity contribution >= 4 is 0 Å². The van der Waals surface area contributed by atoms with Gasteiger partial charge in [-0.1, -0.05) is 13.8 Å². The Labute approximate surface area is 124 Å². The minimum absolute atomic E-state index is 0.135.